The van der Waals surface area contributed by atoms with Crippen molar-refractivity contribution < 1.29 is 19.1 Å². The van der Waals surface area contributed by atoms with Crippen LogP contribution in [0.4, 0.5) is 0 Å². The Hall–Kier alpha value is -1.36. The monoisotopic (exact) mass is 300 g/mol. The van der Waals surface area contributed by atoms with E-state index >= 15 is 0 Å². The van der Waals surface area contributed by atoms with E-state index in [1.807, 2.05) is 0 Å². The van der Waals surface area contributed by atoms with Gasteiger partial charge in [0, 0.05) is 12.5 Å². The third-order valence-corrected chi connectivity index (χ3v) is 3.20. The molecule has 0 aliphatic rings. The lowest BCUT2D eigenvalue weighted by atomic mass is 10.1. The number of ether oxygens (including phenoxy) is 2. The topological polar surface area (TPSA) is 52.6 Å². The van der Waals surface area contributed by atoms with Crippen LogP contribution in [-0.4, -0.2) is 25.8 Å². The second-order valence-corrected chi connectivity index (χ2v) is 4.31. The molecule has 0 fully saturated rings. The van der Waals surface area contributed by atoms with Crippen LogP contribution >= 0.6 is 15.9 Å². The number of alkyl halides is 1. The van der Waals surface area contributed by atoms with Gasteiger partial charge in [0.15, 0.2) is 5.78 Å². The Morgan fingerprint density at radius 2 is 1.88 bits per heavy atom. The predicted molar refractivity (Wildman–Crippen MR) is 66.9 cm³/mol. The third kappa shape index (κ3) is 3.06. The van der Waals surface area contributed by atoms with E-state index in [1.165, 1.54) is 21.1 Å². The van der Waals surface area contributed by atoms with Crippen molar-refractivity contribution in [1.82, 2.24) is 0 Å². The predicted octanol–water partition coefficient (Wildman–Crippen LogP) is 2.30. The fourth-order valence-electron chi connectivity index (χ4n) is 1.36. The number of benzene rings is 1. The molecular formula is C12H13BrO4. The Morgan fingerprint density at radius 3 is 2.35 bits per heavy atom. The largest absolute Gasteiger partial charge is 0.497 e. The molecule has 1 unspecified atom stereocenters. The molecule has 0 heterocycles. The maximum absolute atomic E-state index is 11.6. The van der Waals surface area contributed by atoms with Gasteiger partial charge in [0.2, 0.25) is 5.78 Å². The van der Waals surface area contributed by atoms with Gasteiger partial charge in [-0.05, 0) is 18.2 Å². The zero-order valence-electron chi connectivity index (χ0n) is 9.82. The Morgan fingerprint density at radius 1 is 1.24 bits per heavy atom. The number of rotatable bonds is 5. The highest BCUT2D eigenvalue weighted by molar-refractivity contribution is 9.09. The smallest absolute Gasteiger partial charge is 0.216 e. The summed E-state index contributed by atoms with van der Waals surface area (Å²) >= 11 is 3.20. The fourth-order valence-corrected chi connectivity index (χ4v) is 2.04. The van der Waals surface area contributed by atoms with Crippen molar-refractivity contribution in [2.24, 2.45) is 0 Å². The van der Waals surface area contributed by atoms with Gasteiger partial charge in [-0.1, -0.05) is 15.9 Å². The van der Waals surface area contributed by atoms with Crippen LogP contribution in [0.25, 0.3) is 0 Å². The van der Waals surface area contributed by atoms with Crippen molar-refractivity contribution in [2.45, 2.75) is 11.8 Å². The van der Waals surface area contributed by atoms with E-state index in [2.05, 4.69) is 15.9 Å². The van der Waals surface area contributed by atoms with Crippen LogP contribution in [0, 0.1) is 0 Å². The van der Waals surface area contributed by atoms with E-state index in [1.54, 1.807) is 18.2 Å². The van der Waals surface area contributed by atoms with Crippen molar-refractivity contribution in [1.29, 1.82) is 0 Å². The SMILES string of the molecule is COc1ccc(OC)c(C(Br)C(=O)C(C)=O)c1. The summed E-state index contributed by atoms with van der Waals surface area (Å²) < 4.78 is 10.2. The molecule has 0 aliphatic carbocycles. The molecule has 0 bridgehead atoms. The second kappa shape index (κ2) is 5.82. The summed E-state index contributed by atoms with van der Waals surface area (Å²) in [6, 6.07) is 5.08. The molecule has 4 nitrogen and oxygen atoms in total. The fraction of sp³-hybridized carbons (Fsp3) is 0.333. The molecule has 0 spiro atoms. The van der Waals surface area contributed by atoms with E-state index in [0.717, 1.165) is 0 Å². The number of Topliss-reactive ketones (excluding diaryl/α,β-unsaturated/α-hetero) is 2. The molecule has 92 valence electrons. The molecule has 0 N–H and O–H groups in total. The lowest BCUT2D eigenvalue weighted by molar-refractivity contribution is -0.135. The van der Waals surface area contributed by atoms with Gasteiger partial charge >= 0.3 is 0 Å². The lowest BCUT2D eigenvalue weighted by Crippen LogP contribution is -2.15. The van der Waals surface area contributed by atoms with Crippen molar-refractivity contribution in [3.8, 4) is 11.5 Å². The van der Waals surface area contributed by atoms with Gasteiger partial charge in [-0.15, -0.1) is 0 Å². The summed E-state index contributed by atoms with van der Waals surface area (Å²) in [5, 5.41) is 0. The molecule has 0 radical (unpaired) electrons. The Balaban J connectivity index is 3.18. The highest BCUT2D eigenvalue weighted by Crippen LogP contribution is 2.34. The molecule has 5 heteroatoms. The molecule has 0 aliphatic heterocycles. The van der Waals surface area contributed by atoms with Gasteiger partial charge in [0.25, 0.3) is 0 Å². The van der Waals surface area contributed by atoms with Crippen LogP contribution in [-0.2, 0) is 9.59 Å². The van der Waals surface area contributed by atoms with Crippen molar-refractivity contribution in [3.63, 3.8) is 0 Å². The number of hydrogen-bond acceptors (Lipinski definition) is 4. The zero-order chi connectivity index (χ0) is 13.0. The van der Waals surface area contributed by atoms with Gasteiger partial charge in [-0.2, -0.15) is 0 Å². The van der Waals surface area contributed by atoms with E-state index < -0.39 is 16.4 Å². The minimum Gasteiger partial charge on any atom is -0.497 e. The molecule has 0 amide bonds. The summed E-state index contributed by atoms with van der Waals surface area (Å²) in [4.78, 5) is 22.0. The Labute approximate surface area is 108 Å². The van der Waals surface area contributed by atoms with E-state index in [4.69, 9.17) is 9.47 Å². The summed E-state index contributed by atoms with van der Waals surface area (Å²) in [6.07, 6.45) is 0. The van der Waals surface area contributed by atoms with Gasteiger partial charge in [0.1, 0.15) is 16.3 Å². The summed E-state index contributed by atoms with van der Waals surface area (Å²) in [5.41, 5.74) is 0.576. The Bertz CT molecular complexity index is 442. The van der Waals surface area contributed by atoms with Gasteiger partial charge in [0.05, 0.1) is 14.2 Å². The molecule has 1 aromatic carbocycles. The first-order chi connectivity index (χ1) is 8.01. The molecule has 1 atom stereocenters. The minimum atomic E-state index is -0.718. The lowest BCUT2D eigenvalue weighted by Gasteiger charge is -2.13. The summed E-state index contributed by atoms with van der Waals surface area (Å²) in [7, 11) is 3.03. The average molecular weight is 301 g/mol. The first-order valence-electron chi connectivity index (χ1n) is 4.92. The van der Waals surface area contributed by atoms with Crippen LogP contribution in [0.1, 0.15) is 17.3 Å². The van der Waals surface area contributed by atoms with E-state index in [9.17, 15) is 9.59 Å². The number of carbonyl (C=O) groups is 2. The molecule has 0 saturated carbocycles. The molecule has 1 aromatic rings. The maximum Gasteiger partial charge on any atom is 0.216 e. The quantitative estimate of drug-likeness (QED) is 0.618. The standard InChI is InChI=1S/C12H13BrO4/c1-7(14)12(15)11(13)9-6-8(16-2)4-5-10(9)17-3/h4-6,11H,1-3H3. The highest BCUT2D eigenvalue weighted by Gasteiger charge is 2.24. The molecule has 1 rings (SSSR count). The summed E-state index contributed by atoms with van der Waals surface area (Å²) in [6.45, 7) is 1.24. The van der Waals surface area contributed by atoms with Crippen LogP contribution in [0.3, 0.4) is 0 Å². The van der Waals surface area contributed by atoms with Gasteiger partial charge in [-0.25, -0.2) is 0 Å². The van der Waals surface area contributed by atoms with Crippen molar-refractivity contribution in [2.75, 3.05) is 14.2 Å². The van der Waals surface area contributed by atoms with Crippen LogP contribution in [0.15, 0.2) is 18.2 Å². The number of methoxy groups -OCH3 is 2. The van der Waals surface area contributed by atoms with E-state index in [0.29, 0.717) is 17.1 Å². The molecule has 17 heavy (non-hydrogen) atoms. The van der Waals surface area contributed by atoms with Crippen LogP contribution in [0.5, 0.6) is 11.5 Å². The molecular weight excluding hydrogens is 288 g/mol. The van der Waals surface area contributed by atoms with Gasteiger partial charge in [-0.3, -0.25) is 9.59 Å². The number of ketones is 2. The molecule has 0 aromatic heterocycles. The highest BCUT2D eigenvalue weighted by atomic mass is 79.9. The number of hydrogen-bond donors (Lipinski definition) is 0. The number of halogens is 1. The normalized spacial score (nSPS) is 11.8. The third-order valence-electron chi connectivity index (χ3n) is 2.29. The van der Waals surface area contributed by atoms with Crippen molar-refractivity contribution >= 4 is 27.5 Å². The van der Waals surface area contributed by atoms with Crippen LogP contribution < -0.4 is 9.47 Å². The van der Waals surface area contributed by atoms with Gasteiger partial charge < -0.3 is 9.47 Å². The second-order valence-electron chi connectivity index (χ2n) is 3.39. The summed E-state index contributed by atoms with van der Waals surface area (Å²) in [5.74, 6) is 0.108. The zero-order valence-corrected chi connectivity index (χ0v) is 11.4. The minimum absolute atomic E-state index is 0.503. The Kier molecular flexibility index (Phi) is 4.69. The number of carbonyl (C=O) groups excluding carboxylic acids is 2. The maximum atomic E-state index is 11.6. The van der Waals surface area contributed by atoms with Crippen LogP contribution in [0.2, 0.25) is 0 Å². The first kappa shape index (κ1) is 13.7. The van der Waals surface area contributed by atoms with Crippen molar-refractivity contribution in [3.05, 3.63) is 23.8 Å². The average Bonchev–Trinajstić information content (AvgIpc) is 2.35. The first-order valence-corrected chi connectivity index (χ1v) is 5.83. The molecule has 0 saturated heterocycles. The van der Waals surface area contributed by atoms with E-state index in [-0.39, 0.29) is 0 Å².